The number of nitrogens with one attached hydrogen (secondary N) is 1. The molecule has 6 heteroatoms. The third-order valence-corrected chi connectivity index (χ3v) is 1.86. The Kier molecular flexibility index (Phi) is 2.76. The van der Waals surface area contributed by atoms with Crippen molar-refractivity contribution in [1.82, 2.24) is 4.98 Å². The molecule has 1 rings (SSSR count). The van der Waals surface area contributed by atoms with Crippen molar-refractivity contribution in [2.45, 2.75) is 6.42 Å². The highest BCUT2D eigenvalue weighted by molar-refractivity contribution is 7.13. The van der Waals surface area contributed by atoms with Crippen LogP contribution in [0.3, 0.4) is 0 Å². The lowest BCUT2D eigenvalue weighted by atomic mass is 10.4. The van der Waals surface area contributed by atoms with E-state index in [9.17, 15) is 9.59 Å². The van der Waals surface area contributed by atoms with Crippen LogP contribution in [0.2, 0.25) is 0 Å². The standard InChI is InChI=1S/C6H6N2O3S/c9-2-1-4-3-12-5(7-4)8-6(10)11/h2-3H,1H2,(H,7,8)(H,10,11). The van der Waals surface area contributed by atoms with Gasteiger partial charge in [0, 0.05) is 11.8 Å². The summed E-state index contributed by atoms with van der Waals surface area (Å²) in [6.45, 7) is 0. The number of anilines is 1. The Morgan fingerprint density at radius 1 is 1.83 bits per heavy atom. The molecule has 0 aromatic carbocycles. The molecule has 1 heterocycles. The van der Waals surface area contributed by atoms with Gasteiger partial charge in [-0.15, -0.1) is 11.3 Å². The molecule has 1 amide bonds. The molecule has 0 aliphatic heterocycles. The molecule has 0 atom stereocenters. The summed E-state index contributed by atoms with van der Waals surface area (Å²) in [5.74, 6) is 0. The third kappa shape index (κ3) is 2.31. The SMILES string of the molecule is O=CCc1csc(NC(=O)O)n1. The molecular weight excluding hydrogens is 180 g/mol. The van der Waals surface area contributed by atoms with Crippen LogP contribution >= 0.6 is 11.3 Å². The summed E-state index contributed by atoms with van der Waals surface area (Å²) in [5, 5.41) is 12.3. The number of rotatable bonds is 3. The first-order valence-corrected chi connectivity index (χ1v) is 3.98. The third-order valence-electron chi connectivity index (χ3n) is 1.06. The van der Waals surface area contributed by atoms with Gasteiger partial charge < -0.3 is 9.90 Å². The van der Waals surface area contributed by atoms with Gasteiger partial charge in [-0.25, -0.2) is 9.78 Å². The van der Waals surface area contributed by atoms with Crippen LogP contribution < -0.4 is 5.32 Å². The molecule has 0 spiro atoms. The van der Waals surface area contributed by atoms with Crippen LogP contribution in [0.4, 0.5) is 9.93 Å². The average molecular weight is 186 g/mol. The maximum atomic E-state index is 10.1. The molecular formula is C6H6N2O3S. The summed E-state index contributed by atoms with van der Waals surface area (Å²) in [6, 6.07) is 0. The predicted octanol–water partition coefficient (Wildman–Crippen LogP) is 0.974. The molecule has 64 valence electrons. The van der Waals surface area contributed by atoms with Gasteiger partial charge in [-0.2, -0.15) is 0 Å². The minimum absolute atomic E-state index is 0.220. The Morgan fingerprint density at radius 3 is 3.17 bits per heavy atom. The van der Waals surface area contributed by atoms with E-state index in [1.54, 1.807) is 5.38 Å². The first-order chi connectivity index (χ1) is 5.72. The van der Waals surface area contributed by atoms with Crippen molar-refractivity contribution in [1.29, 1.82) is 0 Å². The summed E-state index contributed by atoms with van der Waals surface area (Å²) in [5.41, 5.74) is 0.582. The van der Waals surface area contributed by atoms with Gasteiger partial charge in [-0.05, 0) is 0 Å². The van der Waals surface area contributed by atoms with E-state index in [4.69, 9.17) is 5.11 Å². The fourth-order valence-corrected chi connectivity index (χ4v) is 1.35. The summed E-state index contributed by atoms with van der Waals surface area (Å²) >= 11 is 1.16. The second-order valence-corrected chi connectivity index (χ2v) is 2.80. The average Bonchev–Trinajstić information content (AvgIpc) is 2.36. The summed E-state index contributed by atoms with van der Waals surface area (Å²) in [6.07, 6.45) is -0.209. The Morgan fingerprint density at radius 2 is 2.58 bits per heavy atom. The Labute approximate surface area is 72.1 Å². The zero-order valence-electron chi connectivity index (χ0n) is 5.98. The van der Waals surface area contributed by atoms with Crippen LogP contribution in [0.5, 0.6) is 0 Å². The maximum Gasteiger partial charge on any atom is 0.410 e. The number of hydrogen-bond acceptors (Lipinski definition) is 4. The summed E-state index contributed by atoms with van der Waals surface area (Å²) < 4.78 is 0. The lowest BCUT2D eigenvalue weighted by Crippen LogP contribution is -2.06. The highest BCUT2D eigenvalue weighted by atomic mass is 32.1. The number of nitrogens with zero attached hydrogens (tertiary/aromatic N) is 1. The van der Waals surface area contributed by atoms with Gasteiger partial charge in [0.25, 0.3) is 0 Å². The molecule has 0 radical (unpaired) electrons. The monoisotopic (exact) mass is 186 g/mol. The van der Waals surface area contributed by atoms with Crippen molar-refractivity contribution in [2.24, 2.45) is 0 Å². The Bertz CT molecular complexity index is 297. The molecule has 1 aromatic heterocycles. The number of aromatic nitrogens is 1. The van der Waals surface area contributed by atoms with E-state index in [-0.39, 0.29) is 6.42 Å². The normalized spacial score (nSPS) is 9.33. The van der Waals surface area contributed by atoms with Gasteiger partial charge >= 0.3 is 6.09 Å². The number of hydrogen-bond donors (Lipinski definition) is 2. The minimum Gasteiger partial charge on any atom is -0.465 e. The second kappa shape index (κ2) is 3.82. The zero-order chi connectivity index (χ0) is 8.97. The molecule has 2 N–H and O–H groups in total. The maximum absolute atomic E-state index is 10.1. The van der Waals surface area contributed by atoms with Crippen molar-refractivity contribution in [3.63, 3.8) is 0 Å². The van der Waals surface area contributed by atoms with Crippen LogP contribution in [0, 0.1) is 0 Å². The first kappa shape index (κ1) is 8.66. The highest BCUT2D eigenvalue weighted by Gasteiger charge is 2.03. The Balaban J connectivity index is 2.63. The minimum atomic E-state index is -1.15. The molecule has 0 aliphatic carbocycles. The van der Waals surface area contributed by atoms with Gasteiger partial charge in [0.05, 0.1) is 5.69 Å². The van der Waals surface area contributed by atoms with Crippen LogP contribution in [-0.4, -0.2) is 22.5 Å². The van der Waals surface area contributed by atoms with Gasteiger partial charge in [0.15, 0.2) is 5.13 Å². The second-order valence-electron chi connectivity index (χ2n) is 1.94. The van der Waals surface area contributed by atoms with E-state index in [2.05, 4.69) is 10.3 Å². The molecule has 0 bridgehead atoms. The molecule has 0 saturated heterocycles. The van der Waals surface area contributed by atoms with E-state index in [0.717, 1.165) is 17.6 Å². The predicted molar refractivity (Wildman–Crippen MR) is 43.5 cm³/mol. The summed E-state index contributed by atoms with van der Waals surface area (Å²) in [7, 11) is 0. The topological polar surface area (TPSA) is 79.3 Å². The van der Waals surface area contributed by atoms with Crippen molar-refractivity contribution >= 4 is 28.8 Å². The van der Waals surface area contributed by atoms with Crippen molar-refractivity contribution in [3.8, 4) is 0 Å². The fourth-order valence-electron chi connectivity index (χ4n) is 0.635. The molecule has 0 fully saturated rings. The number of thiazole rings is 1. The number of carbonyl (C=O) groups excluding carboxylic acids is 1. The first-order valence-electron chi connectivity index (χ1n) is 3.10. The van der Waals surface area contributed by atoms with Crippen LogP contribution in [-0.2, 0) is 11.2 Å². The lowest BCUT2D eigenvalue weighted by molar-refractivity contribution is -0.107. The van der Waals surface area contributed by atoms with Crippen LogP contribution in [0.25, 0.3) is 0 Å². The molecule has 0 unspecified atom stereocenters. The quantitative estimate of drug-likeness (QED) is 0.689. The lowest BCUT2D eigenvalue weighted by Gasteiger charge is -1.90. The van der Waals surface area contributed by atoms with Gasteiger partial charge in [0.1, 0.15) is 6.29 Å². The van der Waals surface area contributed by atoms with E-state index >= 15 is 0 Å². The molecule has 0 aliphatic rings. The molecule has 12 heavy (non-hydrogen) atoms. The van der Waals surface area contributed by atoms with Gasteiger partial charge in [0.2, 0.25) is 0 Å². The number of carbonyl (C=O) groups is 2. The number of carboxylic acid groups (broad SMARTS) is 1. The van der Waals surface area contributed by atoms with Crippen LogP contribution in [0.1, 0.15) is 5.69 Å². The van der Waals surface area contributed by atoms with E-state index in [1.165, 1.54) is 0 Å². The van der Waals surface area contributed by atoms with Crippen molar-refractivity contribution in [3.05, 3.63) is 11.1 Å². The van der Waals surface area contributed by atoms with Crippen molar-refractivity contribution < 1.29 is 14.7 Å². The summed E-state index contributed by atoms with van der Waals surface area (Å²) in [4.78, 5) is 24.0. The van der Waals surface area contributed by atoms with Crippen molar-refractivity contribution in [2.75, 3.05) is 5.32 Å². The Hall–Kier alpha value is -1.43. The number of amides is 1. The zero-order valence-corrected chi connectivity index (χ0v) is 6.80. The molecule has 1 aromatic rings. The largest absolute Gasteiger partial charge is 0.465 e. The van der Waals surface area contributed by atoms with Gasteiger partial charge in [-0.1, -0.05) is 0 Å². The molecule has 5 nitrogen and oxygen atoms in total. The molecule has 0 saturated carbocycles. The fraction of sp³-hybridized carbons (Fsp3) is 0.167. The van der Waals surface area contributed by atoms with Gasteiger partial charge in [-0.3, -0.25) is 5.32 Å². The van der Waals surface area contributed by atoms with E-state index in [0.29, 0.717) is 10.8 Å². The highest BCUT2D eigenvalue weighted by Crippen LogP contribution is 2.14. The van der Waals surface area contributed by atoms with Crippen LogP contribution in [0.15, 0.2) is 5.38 Å². The smallest absolute Gasteiger partial charge is 0.410 e. The van der Waals surface area contributed by atoms with E-state index < -0.39 is 6.09 Å². The number of aldehydes is 1. The van der Waals surface area contributed by atoms with E-state index in [1.807, 2.05) is 0 Å².